The summed E-state index contributed by atoms with van der Waals surface area (Å²) in [6.45, 7) is 7.14. The van der Waals surface area contributed by atoms with E-state index in [0.717, 1.165) is 29.8 Å². The maximum Gasteiger partial charge on any atom is 0.192 e. The molecule has 134 valence electrons. The third-order valence-electron chi connectivity index (χ3n) is 3.08. The Morgan fingerprint density at radius 2 is 2.08 bits per heavy atom. The standard InChI is InChI=1S/C18H27N3O2.HI/c1-5-10-20-18(19-6-2)21-14-16-9-8-15(3)13-17(16)23-12-7-11-22-4;/h1,8-9,13H,6-7,10-12,14H2,2-4H3,(H2,19,20,21);1H. The first-order valence-corrected chi connectivity index (χ1v) is 7.88. The zero-order valence-electron chi connectivity index (χ0n) is 14.7. The molecule has 0 bridgehead atoms. The van der Waals surface area contributed by atoms with Crippen LogP contribution >= 0.6 is 24.0 Å². The van der Waals surface area contributed by atoms with Gasteiger partial charge in [0, 0.05) is 32.2 Å². The fraction of sp³-hybridized carbons (Fsp3) is 0.500. The molecule has 0 aromatic heterocycles. The first-order chi connectivity index (χ1) is 11.2. The molecule has 0 aliphatic heterocycles. The molecular weight excluding hydrogens is 417 g/mol. The zero-order valence-corrected chi connectivity index (χ0v) is 17.1. The SMILES string of the molecule is C#CCNC(=NCc1ccc(C)cc1OCCCOC)NCC.I. The van der Waals surface area contributed by atoms with E-state index in [-0.39, 0.29) is 24.0 Å². The highest BCUT2D eigenvalue weighted by Crippen LogP contribution is 2.21. The van der Waals surface area contributed by atoms with Gasteiger partial charge in [-0.05, 0) is 25.5 Å². The fourth-order valence-electron chi connectivity index (χ4n) is 1.95. The van der Waals surface area contributed by atoms with Crippen molar-refractivity contribution in [3.63, 3.8) is 0 Å². The van der Waals surface area contributed by atoms with Crippen molar-refractivity contribution in [1.29, 1.82) is 0 Å². The number of hydrogen-bond acceptors (Lipinski definition) is 3. The number of hydrogen-bond donors (Lipinski definition) is 2. The van der Waals surface area contributed by atoms with E-state index in [2.05, 4.69) is 33.7 Å². The van der Waals surface area contributed by atoms with Gasteiger partial charge in [-0.15, -0.1) is 30.4 Å². The molecule has 0 spiro atoms. The summed E-state index contributed by atoms with van der Waals surface area (Å²) in [6, 6.07) is 6.16. The molecule has 24 heavy (non-hydrogen) atoms. The molecule has 1 aromatic rings. The van der Waals surface area contributed by atoms with Crippen LogP contribution in [0.1, 0.15) is 24.5 Å². The first kappa shape index (κ1) is 22.5. The molecule has 0 saturated carbocycles. The largest absolute Gasteiger partial charge is 0.493 e. The molecule has 0 amide bonds. The van der Waals surface area contributed by atoms with E-state index in [4.69, 9.17) is 15.9 Å². The van der Waals surface area contributed by atoms with Crippen molar-refractivity contribution < 1.29 is 9.47 Å². The second-order valence-electron chi connectivity index (χ2n) is 5.06. The Kier molecular flexibility index (Phi) is 13.1. The minimum atomic E-state index is 0. The predicted octanol–water partition coefficient (Wildman–Crippen LogP) is 2.72. The van der Waals surface area contributed by atoms with Crippen LogP contribution in [0.15, 0.2) is 23.2 Å². The molecule has 0 fully saturated rings. The van der Waals surface area contributed by atoms with Gasteiger partial charge in [-0.3, -0.25) is 0 Å². The van der Waals surface area contributed by atoms with E-state index < -0.39 is 0 Å². The van der Waals surface area contributed by atoms with Crippen LogP contribution in [0.3, 0.4) is 0 Å². The van der Waals surface area contributed by atoms with Gasteiger partial charge in [-0.1, -0.05) is 18.1 Å². The summed E-state index contributed by atoms with van der Waals surface area (Å²) in [7, 11) is 1.69. The second kappa shape index (κ2) is 13.9. The number of aliphatic imine (C=N–C) groups is 1. The Balaban J connectivity index is 0.00000529. The highest BCUT2D eigenvalue weighted by molar-refractivity contribution is 14.0. The minimum absolute atomic E-state index is 0. The van der Waals surface area contributed by atoms with Crippen LogP contribution in [-0.2, 0) is 11.3 Å². The number of ether oxygens (including phenoxy) is 2. The van der Waals surface area contributed by atoms with Crippen molar-refractivity contribution >= 4 is 29.9 Å². The normalized spacial score (nSPS) is 10.5. The number of nitrogens with zero attached hydrogens (tertiary/aromatic N) is 1. The van der Waals surface area contributed by atoms with E-state index in [1.54, 1.807) is 7.11 Å². The molecule has 0 heterocycles. The van der Waals surface area contributed by atoms with Crippen molar-refractivity contribution in [2.24, 2.45) is 4.99 Å². The van der Waals surface area contributed by atoms with Gasteiger partial charge in [0.1, 0.15) is 5.75 Å². The molecule has 0 aliphatic rings. The number of nitrogens with one attached hydrogen (secondary N) is 2. The van der Waals surface area contributed by atoms with Gasteiger partial charge >= 0.3 is 0 Å². The Morgan fingerprint density at radius 3 is 2.75 bits per heavy atom. The summed E-state index contributed by atoms with van der Waals surface area (Å²) >= 11 is 0. The molecule has 0 unspecified atom stereocenters. The lowest BCUT2D eigenvalue weighted by atomic mass is 10.1. The van der Waals surface area contributed by atoms with E-state index >= 15 is 0 Å². The van der Waals surface area contributed by atoms with Crippen LogP contribution in [0.5, 0.6) is 5.75 Å². The van der Waals surface area contributed by atoms with Crippen LogP contribution in [-0.4, -0.2) is 39.4 Å². The van der Waals surface area contributed by atoms with Gasteiger partial charge in [0.15, 0.2) is 5.96 Å². The Morgan fingerprint density at radius 1 is 1.29 bits per heavy atom. The minimum Gasteiger partial charge on any atom is -0.493 e. The number of methoxy groups -OCH3 is 1. The Labute approximate surface area is 162 Å². The topological polar surface area (TPSA) is 54.9 Å². The highest BCUT2D eigenvalue weighted by atomic mass is 127. The average Bonchev–Trinajstić information content (AvgIpc) is 2.55. The Hall–Kier alpha value is -1.46. The van der Waals surface area contributed by atoms with Gasteiger partial charge in [-0.25, -0.2) is 4.99 Å². The van der Waals surface area contributed by atoms with Crippen LogP contribution in [0.25, 0.3) is 0 Å². The maximum atomic E-state index is 5.87. The molecule has 2 N–H and O–H groups in total. The molecule has 6 heteroatoms. The fourth-order valence-corrected chi connectivity index (χ4v) is 1.95. The number of aryl methyl sites for hydroxylation is 1. The van der Waals surface area contributed by atoms with Gasteiger partial charge < -0.3 is 20.1 Å². The third kappa shape index (κ3) is 8.99. The van der Waals surface area contributed by atoms with Crippen molar-refractivity contribution in [2.45, 2.75) is 26.8 Å². The maximum absolute atomic E-state index is 5.87. The highest BCUT2D eigenvalue weighted by Gasteiger charge is 2.05. The number of benzene rings is 1. The van der Waals surface area contributed by atoms with Crippen molar-refractivity contribution in [1.82, 2.24) is 10.6 Å². The lowest BCUT2D eigenvalue weighted by Gasteiger charge is -2.13. The summed E-state index contributed by atoms with van der Waals surface area (Å²) in [5.74, 6) is 4.12. The Bertz CT molecular complexity index is 542. The quantitative estimate of drug-likeness (QED) is 0.202. The third-order valence-corrected chi connectivity index (χ3v) is 3.08. The van der Waals surface area contributed by atoms with Crippen molar-refractivity contribution in [3.05, 3.63) is 29.3 Å². The second-order valence-corrected chi connectivity index (χ2v) is 5.06. The molecule has 0 saturated heterocycles. The van der Waals surface area contributed by atoms with Gasteiger partial charge in [0.25, 0.3) is 0 Å². The molecule has 0 atom stereocenters. The summed E-state index contributed by atoms with van der Waals surface area (Å²) < 4.78 is 10.9. The van der Waals surface area contributed by atoms with Crippen molar-refractivity contribution in [3.8, 4) is 18.1 Å². The van der Waals surface area contributed by atoms with E-state index in [0.29, 0.717) is 32.3 Å². The van der Waals surface area contributed by atoms with Gasteiger partial charge in [-0.2, -0.15) is 0 Å². The predicted molar refractivity (Wildman–Crippen MR) is 110 cm³/mol. The first-order valence-electron chi connectivity index (χ1n) is 7.88. The lowest BCUT2D eigenvalue weighted by molar-refractivity contribution is 0.172. The molecule has 0 radical (unpaired) electrons. The summed E-state index contributed by atoms with van der Waals surface area (Å²) in [6.07, 6.45) is 6.14. The van der Waals surface area contributed by atoms with Crippen molar-refractivity contribution in [2.75, 3.05) is 33.4 Å². The molecular formula is C18H28IN3O2. The monoisotopic (exact) mass is 445 g/mol. The summed E-state index contributed by atoms with van der Waals surface area (Å²) in [4.78, 5) is 4.55. The van der Waals surface area contributed by atoms with Crippen LogP contribution < -0.4 is 15.4 Å². The molecule has 1 aromatic carbocycles. The van der Waals surface area contributed by atoms with Crippen LogP contribution in [0, 0.1) is 19.3 Å². The van der Waals surface area contributed by atoms with E-state index in [9.17, 15) is 0 Å². The van der Waals surface area contributed by atoms with E-state index in [1.165, 1.54) is 0 Å². The number of terminal acetylenes is 1. The average molecular weight is 445 g/mol. The smallest absolute Gasteiger partial charge is 0.192 e. The number of halogens is 1. The van der Waals surface area contributed by atoms with Gasteiger partial charge in [0.05, 0.1) is 19.7 Å². The number of guanidine groups is 1. The molecule has 1 rings (SSSR count). The van der Waals surface area contributed by atoms with Crippen LogP contribution in [0.2, 0.25) is 0 Å². The van der Waals surface area contributed by atoms with Crippen LogP contribution in [0.4, 0.5) is 0 Å². The number of rotatable bonds is 9. The summed E-state index contributed by atoms with van der Waals surface area (Å²) in [5, 5.41) is 6.24. The van der Waals surface area contributed by atoms with Gasteiger partial charge in [0.2, 0.25) is 0 Å². The zero-order chi connectivity index (χ0) is 16.9. The summed E-state index contributed by atoms with van der Waals surface area (Å²) in [5.41, 5.74) is 2.21. The molecule has 0 aliphatic carbocycles. The van der Waals surface area contributed by atoms with E-state index in [1.807, 2.05) is 19.9 Å². The lowest BCUT2D eigenvalue weighted by Crippen LogP contribution is -2.37. The molecule has 5 nitrogen and oxygen atoms in total.